The van der Waals surface area contributed by atoms with Crippen molar-refractivity contribution in [2.24, 2.45) is 14.1 Å². The second kappa shape index (κ2) is 13.3. The van der Waals surface area contributed by atoms with Gasteiger partial charge in [0.2, 0.25) is 5.88 Å². The summed E-state index contributed by atoms with van der Waals surface area (Å²) in [6, 6.07) is 17.3. The molecule has 0 unspecified atom stereocenters. The first-order chi connectivity index (χ1) is 22.2. The topological polar surface area (TPSA) is 112 Å². The molecule has 2 aromatic carbocycles. The van der Waals surface area contributed by atoms with Crippen molar-refractivity contribution in [2.45, 2.75) is 32.4 Å². The summed E-state index contributed by atoms with van der Waals surface area (Å²) < 4.78 is 13.6. The molecule has 0 radical (unpaired) electrons. The predicted octanol–water partition coefficient (Wildman–Crippen LogP) is 6.00. The fraction of sp³-hybridized carbons (Fsp3) is 0.294. The van der Waals surface area contributed by atoms with Gasteiger partial charge >= 0.3 is 5.69 Å². The molecule has 3 aromatic heterocycles. The van der Waals surface area contributed by atoms with E-state index in [1.54, 1.807) is 33.2 Å². The number of hydrogen-bond donors (Lipinski definition) is 2. The minimum Gasteiger partial charge on any atom is -0.481 e. The third-order valence-electron chi connectivity index (χ3n) is 8.33. The van der Waals surface area contributed by atoms with E-state index in [1.165, 1.54) is 11.6 Å². The Morgan fingerprint density at radius 3 is 2.37 bits per heavy atom. The lowest BCUT2D eigenvalue weighted by Gasteiger charge is -2.23. The van der Waals surface area contributed by atoms with Crippen molar-refractivity contribution in [1.29, 1.82) is 0 Å². The molecule has 1 aliphatic heterocycles. The Bertz CT molecular complexity index is 2070. The number of pyridine rings is 2. The number of hydrogen-bond acceptors (Lipinski definition) is 8. The average Bonchev–Trinajstić information content (AvgIpc) is 3.07. The summed E-state index contributed by atoms with van der Waals surface area (Å²) in [6.45, 7) is 3.98. The number of halogens is 2. The van der Waals surface area contributed by atoms with Crippen molar-refractivity contribution >= 4 is 45.6 Å². The van der Waals surface area contributed by atoms with Crippen LogP contribution in [0.15, 0.2) is 64.2 Å². The minimum absolute atomic E-state index is 0.281. The van der Waals surface area contributed by atoms with Gasteiger partial charge < -0.3 is 20.1 Å². The maximum atomic E-state index is 13.2. The van der Waals surface area contributed by atoms with E-state index in [0.29, 0.717) is 68.0 Å². The van der Waals surface area contributed by atoms with Crippen LogP contribution in [0.5, 0.6) is 5.88 Å². The molecule has 0 atom stereocenters. The van der Waals surface area contributed by atoms with Crippen LogP contribution in [0, 0.1) is 6.92 Å². The molecule has 0 amide bonds. The Morgan fingerprint density at radius 1 is 0.935 bits per heavy atom. The van der Waals surface area contributed by atoms with E-state index in [2.05, 4.69) is 15.6 Å². The molecule has 1 fully saturated rings. The zero-order chi connectivity index (χ0) is 32.5. The van der Waals surface area contributed by atoms with Crippen LogP contribution in [0.4, 0.5) is 11.5 Å². The Kier molecular flexibility index (Phi) is 9.15. The summed E-state index contributed by atoms with van der Waals surface area (Å²) in [6.07, 6.45) is 1.96. The molecule has 10 nitrogen and oxygen atoms in total. The monoisotopic (exact) mass is 660 g/mol. The summed E-state index contributed by atoms with van der Waals surface area (Å²) >= 11 is 14.1. The molecule has 2 N–H and O–H groups in total. The number of benzene rings is 2. The molecule has 238 valence electrons. The maximum absolute atomic E-state index is 13.2. The molecule has 0 spiro atoms. The molecule has 0 aliphatic carbocycles. The van der Waals surface area contributed by atoms with Gasteiger partial charge in [-0.05, 0) is 38.0 Å². The largest absolute Gasteiger partial charge is 0.481 e. The zero-order valence-electron chi connectivity index (χ0n) is 26.0. The fourth-order valence-corrected chi connectivity index (χ4v) is 6.39. The molecule has 0 bridgehead atoms. The van der Waals surface area contributed by atoms with E-state index in [-0.39, 0.29) is 5.39 Å². The standard InChI is InChI=1S/C34H34Cl2N6O4/c1-19-17-27-28(33(43)42(3)34(44)41(27)2)31(38-19)39-26-10-6-8-23(30(26)36)22-7-5-9-24(29(22)35)25-12-11-20(32(40-25)45-4)18-37-21-13-15-46-16-14-21/h5-12,17,21,37H,13-16,18H2,1-4H3,(H,38,39). The van der Waals surface area contributed by atoms with Crippen LogP contribution in [0.2, 0.25) is 10.0 Å². The highest BCUT2D eigenvalue weighted by Gasteiger charge is 2.20. The Balaban J connectivity index is 1.34. The van der Waals surface area contributed by atoms with Gasteiger partial charge in [-0.1, -0.05) is 59.6 Å². The zero-order valence-corrected chi connectivity index (χ0v) is 27.5. The van der Waals surface area contributed by atoms with Gasteiger partial charge in [-0.3, -0.25) is 13.9 Å². The molecule has 5 aromatic rings. The smallest absolute Gasteiger partial charge is 0.330 e. The molecule has 46 heavy (non-hydrogen) atoms. The fourth-order valence-electron chi connectivity index (χ4n) is 5.79. The molecule has 1 aliphatic rings. The van der Waals surface area contributed by atoms with E-state index in [0.717, 1.165) is 41.7 Å². The van der Waals surface area contributed by atoms with Gasteiger partial charge in [0.15, 0.2) is 0 Å². The number of aryl methyl sites for hydroxylation is 2. The molecule has 4 heterocycles. The molecular weight excluding hydrogens is 627 g/mol. The van der Waals surface area contributed by atoms with Crippen molar-refractivity contribution in [3.63, 3.8) is 0 Å². The Labute approximate surface area is 275 Å². The van der Waals surface area contributed by atoms with E-state index in [4.69, 9.17) is 37.7 Å². The van der Waals surface area contributed by atoms with Crippen LogP contribution in [-0.4, -0.2) is 45.5 Å². The summed E-state index contributed by atoms with van der Waals surface area (Å²) in [4.78, 5) is 35.2. The minimum atomic E-state index is -0.454. The third-order valence-corrected chi connectivity index (χ3v) is 9.15. The molecule has 1 saturated heterocycles. The number of fused-ring (bicyclic) bond motifs is 1. The van der Waals surface area contributed by atoms with Crippen molar-refractivity contribution < 1.29 is 9.47 Å². The molecule has 0 saturated carbocycles. The second-order valence-corrected chi connectivity index (χ2v) is 12.1. The van der Waals surface area contributed by atoms with Gasteiger partial charge in [0.05, 0.1) is 34.1 Å². The Hall–Kier alpha value is -4.22. The van der Waals surface area contributed by atoms with E-state index in [1.807, 2.05) is 42.5 Å². The van der Waals surface area contributed by atoms with Crippen LogP contribution >= 0.6 is 23.2 Å². The van der Waals surface area contributed by atoms with E-state index < -0.39 is 11.2 Å². The van der Waals surface area contributed by atoms with Crippen LogP contribution in [0.1, 0.15) is 24.1 Å². The van der Waals surface area contributed by atoms with Crippen molar-refractivity contribution in [2.75, 3.05) is 25.6 Å². The Morgan fingerprint density at radius 2 is 1.63 bits per heavy atom. The SMILES string of the molecule is COc1nc(-c2cccc(-c3cccc(Nc4nc(C)cc5c4c(=O)n(C)c(=O)n5C)c3Cl)c2Cl)ccc1CNC1CCOCC1. The normalized spacial score (nSPS) is 13.7. The highest BCUT2D eigenvalue weighted by atomic mass is 35.5. The molecule has 6 rings (SSSR count). The lowest BCUT2D eigenvalue weighted by molar-refractivity contribution is 0.0775. The maximum Gasteiger partial charge on any atom is 0.330 e. The highest BCUT2D eigenvalue weighted by molar-refractivity contribution is 6.39. The van der Waals surface area contributed by atoms with Crippen molar-refractivity contribution in [1.82, 2.24) is 24.4 Å². The quantitative estimate of drug-likeness (QED) is 0.209. The number of nitrogens with zero attached hydrogens (tertiary/aromatic N) is 4. The van der Waals surface area contributed by atoms with Crippen LogP contribution in [0.25, 0.3) is 33.3 Å². The van der Waals surface area contributed by atoms with Gasteiger partial charge in [0.25, 0.3) is 5.56 Å². The van der Waals surface area contributed by atoms with Crippen LogP contribution in [-0.2, 0) is 25.4 Å². The number of aromatic nitrogens is 4. The number of ether oxygens (including phenoxy) is 2. The molecular formula is C34H34Cl2N6O4. The first-order valence-corrected chi connectivity index (χ1v) is 15.7. The van der Waals surface area contributed by atoms with E-state index >= 15 is 0 Å². The first kappa shape index (κ1) is 31.7. The summed E-state index contributed by atoms with van der Waals surface area (Å²) in [5, 5.41) is 7.98. The summed E-state index contributed by atoms with van der Waals surface area (Å²) in [5.74, 6) is 0.831. The first-order valence-electron chi connectivity index (χ1n) is 14.9. The van der Waals surface area contributed by atoms with Crippen molar-refractivity contribution in [3.05, 3.63) is 96.7 Å². The summed E-state index contributed by atoms with van der Waals surface area (Å²) in [5.41, 5.74) is 4.50. The van der Waals surface area contributed by atoms with Crippen LogP contribution < -0.4 is 26.6 Å². The number of anilines is 2. The van der Waals surface area contributed by atoms with Gasteiger partial charge in [-0.2, -0.15) is 0 Å². The van der Waals surface area contributed by atoms with Crippen LogP contribution in [0.3, 0.4) is 0 Å². The van der Waals surface area contributed by atoms with Crippen molar-refractivity contribution in [3.8, 4) is 28.3 Å². The number of nitrogens with one attached hydrogen (secondary N) is 2. The highest BCUT2D eigenvalue weighted by Crippen LogP contribution is 2.42. The third kappa shape index (κ3) is 6.01. The van der Waals surface area contributed by atoms with Gasteiger partial charge in [-0.25, -0.2) is 14.8 Å². The predicted molar refractivity (Wildman–Crippen MR) is 183 cm³/mol. The average molecular weight is 662 g/mol. The van der Waals surface area contributed by atoms with Gasteiger partial charge in [-0.15, -0.1) is 0 Å². The van der Waals surface area contributed by atoms with Gasteiger partial charge in [0.1, 0.15) is 11.2 Å². The molecule has 12 heteroatoms. The lowest BCUT2D eigenvalue weighted by Crippen LogP contribution is -2.37. The van der Waals surface area contributed by atoms with E-state index in [9.17, 15) is 9.59 Å². The summed E-state index contributed by atoms with van der Waals surface area (Å²) in [7, 11) is 4.68. The lowest BCUT2D eigenvalue weighted by atomic mass is 10.00. The van der Waals surface area contributed by atoms with Gasteiger partial charge in [0, 0.05) is 67.8 Å². The number of methoxy groups -OCH3 is 1. The number of rotatable bonds is 8. The second-order valence-electron chi connectivity index (χ2n) is 11.3.